The molecule has 0 amide bonds. The molecule has 4 nitrogen and oxygen atoms in total. The van der Waals surface area contributed by atoms with Crippen molar-refractivity contribution in [3.8, 4) is 5.75 Å². The van der Waals surface area contributed by atoms with E-state index in [1.54, 1.807) is 31.4 Å². The smallest absolute Gasteiger partial charge is 0.348 e. The first kappa shape index (κ1) is 14.8. The first-order chi connectivity index (χ1) is 10.7. The molecule has 0 spiro atoms. The number of Topliss-reactive ketones (excluding diaryl/α,β-unsaturated/α-hetero) is 1. The van der Waals surface area contributed by atoms with Gasteiger partial charge in [-0.2, -0.15) is 0 Å². The molecule has 22 heavy (non-hydrogen) atoms. The second-order valence-electron chi connectivity index (χ2n) is 5.14. The predicted molar refractivity (Wildman–Crippen MR) is 84.0 cm³/mol. The Labute approximate surface area is 132 Å². The van der Waals surface area contributed by atoms with Gasteiger partial charge in [0.15, 0.2) is 12.4 Å². The molecule has 0 aliphatic heterocycles. The Hall–Kier alpha value is -2.14. The fourth-order valence-corrected chi connectivity index (χ4v) is 3.64. The van der Waals surface area contributed by atoms with Crippen LogP contribution in [0, 0.1) is 0 Å². The molecule has 0 fully saturated rings. The zero-order chi connectivity index (χ0) is 15.5. The van der Waals surface area contributed by atoms with Crippen molar-refractivity contribution in [1.29, 1.82) is 0 Å². The van der Waals surface area contributed by atoms with Crippen LogP contribution in [-0.4, -0.2) is 25.5 Å². The lowest BCUT2D eigenvalue weighted by atomic mass is 10.1. The highest BCUT2D eigenvalue weighted by Crippen LogP contribution is 2.30. The third kappa shape index (κ3) is 3.04. The average molecular weight is 316 g/mol. The summed E-state index contributed by atoms with van der Waals surface area (Å²) in [6.07, 6.45) is 3.23. The minimum absolute atomic E-state index is 0.222. The van der Waals surface area contributed by atoms with Crippen molar-refractivity contribution in [3.63, 3.8) is 0 Å². The Bertz CT molecular complexity index is 678. The number of carbonyl (C=O) groups excluding carboxylic acids is 2. The molecule has 1 aromatic carbocycles. The van der Waals surface area contributed by atoms with Crippen LogP contribution in [0.5, 0.6) is 5.75 Å². The second-order valence-corrected chi connectivity index (χ2v) is 6.28. The van der Waals surface area contributed by atoms with Crippen molar-refractivity contribution in [2.24, 2.45) is 0 Å². The lowest BCUT2D eigenvalue weighted by molar-refractivity contribution is 0.0479. The summed E-state index contributed by atoms with van der Waals surface area (Å²) in [5, 5.41) is 0. The Morgan fingerprint density at radius 1 is 1.18 bits per heavy atom. The van der Waals surface area contributed by atoms with Crippen LogP contribution in [0.15, 0.2) is 30.3 Å². The van der Waals surface area contributed by atoms with Gasteiger partial charge in [-0.1, -0.05) is 0 Å². The number of thiophene rings is 1. The zero-order valence-electron chi connectivity index (χ0n) is 12.3. The Balaban J connectivity index is 1.58. The van der Waals surface area contributed by atoms with Crippen molar-refractivity contribution in [2.45, 2.75) is 19.3 Å². The molecule has 0 saturated carbocycles. The summed E-state index contributed by atoms with van der Waals surface area (Å²) >= 11 is 1.48. The van der Waals surface area contributed by atoms with Gasteiger partial charge in [0.25, 0.3) is 0 Å². The van der Waals surface area contributed by atoms with E-state index in [4.69, 9.17) is 9.47 Å². The van der Waals surface area contributed by atoms with Crippen molar-refractivity contribution in [3.05, 3.63) is 51.2 Å². The third-order valence-electron chi connectivity index (χ3n) is 3.69. The molecule has 0 saturated heterocycles. The largest absolute Gasteiger partial charge is 0.497 e. The molecule has 3 rings (SSSR count). The minimum atomic E-state index is -0.415. The maximum absolute atomic E-state index is 12.0. The summed E-state index contributed by atoms with van der Waals surface area (Å²) < 4.78 is 10.2. The number of esters is 1. The molecule has 2 aromatic rings. The van der Waals surface area contributed by atoms with Crippen LogP contribution in [0.2, 0.25) is 0 Å². The molecular formula is C17H16O4S. The van der Waals surface area contributed by atoms with E-state index in [2.05, 4.69) is 0 Å². The molecule has 5 heteroatoms. The topological polar surface area (TPSA) is 52.6 Å². The van der Waals surface area contributed by atoms with E-state index in [0.29, 0.717) is 16.2 Å². The maximum atomic E-state index is 12.0. The number of hydrogen-bond donors (Lipinski definition) is 0. The lowest BCUT2D eigenvalue weighted by Crippen LogP contribution is -2.13. The number of hydrogen-bond acceptors (Lipinski definition) is 5. The number of rotatable bonds is 5. The van der Waals surface area contributed by atoms with Gasteiger partial charge < -0.3 is 9.47 Å². The number of methoxy groups -OCH3 is 1. The molecule has 1 aliphatic carbocycles. The van der Waals surface area contributed by atoms with Crippen LogP contribution < -0.4 is 4.74 Å². The third-order valence-corrected chi connectivity index (χ3v) is 4.91. The first-order valence-electron chi connectivity index (χ1n) is 7.13. The fourth-order valence-electron chi connectivity index (χ4n) is 2.49. The molecular weight excluding hydrogens is 300 g/mol. The summed E-state index contributed by atoms with van der Waals surface area (Å²) in [6, 6.07) is 8.63. The fraction of sp³-hybridized carbons (Fsp3) is 0.294. The van der Waals surface area contributed by atoms with Crippen LogP contribution in [-0.2, 0) is 17.6 Å². The van der Waals surface area contributed by atoms with Gasteiger partial charge in [0.1, 0.15) is 10.6 Å². The molecule has 114 valence electrons. The molecule has 1 aromatic heterocycles. The number of benzene rings is 1. The van der Waals surface area contributed by atoms with E-state index in [1.165, 1.54) is 21.8 Å². The normalized spacial score (nSPS) is 12.8. The van der Waals surface area contributed by atoms with Gasteiger partial charge in [-0.25, -0.2) is 4.79 Å². The summed E-state index contributed by atoms with van der Waals surface area (Å²) in [5.74, 6) is 0.0445. The number of fused-ring (bicyclic) bond motifs is 1. The molecule has 0 N–H and O–H groups in total. The van der Waals surface area contributed by atoms with Crippen LogP contribution in [0.4, 0.5) is 0 Å². The van der Waals surface area contributed by atoms with Crippen LogP contribution in [0.3, 0.4) is 0 Å². The van der Waals surface area contributed by atoms with Gasteiger partial charge in [-0.15, -0.1) is 11.3 Å². The Morgan fingerprint density at radius 3 is 2.64 bits per heavy atom. The molecule has 0 radical (unpaired) electrons. The SMILES string of the molecule is COc1ccc(C(=O)COC(=O)c2cc3c(s2)CCC3)cc1. The molecule has 1 aliphatic rings. The second kappa shape index (κ2) is 6.32. The number of ether oxygens (including phenoxy) is 2. The lowest BCUT2D eigenvalue weighted by Gasteiger charge is -2.04. The molecule has 1 heterocycles. The number of carbonyl (C=O) groups is 2. The van der Waals surface area contributed by atoms with Gasteiger partial charge in [-0.05, 0) is 55.2 Å². The van der Waals surface area contributed by atoms with Gasteiger partial charge in [0.05, 0.1) is 7.11 Å². The Morgan fingerprint density at radius 2 is 1.95 bits per heavy atom. The molecule has 0 bridgehead atoms. The van der Waals surface area contributed by atoms with E-state index < -0.39 is 5.97 Å². The van der Waals surface area contributed by atoms with E-state index >= 15 is 0 Å². The predicted octanol–water partition coefficient (Wildman–Crippen LogP) is 3.29. The average Bonchev–Trinajstić information content (AvgIpc) is 3.14. The first-order valence-corrected chi connectivity index (χ1v) is 7.95. The van der Waals surface area contributed by atoms with Crippen molar-refractivity contribution in [2.75, 3.05) is 13.7 Å². The van der Waals surface area contributed by atoms with E-state index in [-0.39, 0.29) is 12.4 Å². The zero-order valence-corrected chi connectivity index (χ0v) is 13.1. The van der Waals surface area contributed by atoms with Crippen LogP contribution in [0.1, 0.15) is 36.9 Å². The molecule has 0 unspecified atom stereocenters. The van der Waals surface area contributed by atoms with Gasteiger partial charge in [0.2, 0.25) is 0 Å². The van der Waals surface area contributed by atoms with Crippen molar-refractivity contribution < 1.29 is 19.1 Å². The van der Waals surface area contributed by atoms with Gasteiger partial charge in [0, 0.05) is 10.4 Å². The number of aryl methyl sites for hydroxylation is 2. The van der Waals surface area contributed by atoms with Crippen LogP contribution >= 0.6 is 11.3 Å². The summed E-state index contributed by atoms with van der Waals surface area (Å²) in [7, 11) is 1.57. The molecule has 0 atom stereocenters. The van der Waals surface area contributed by atoms with E-state index in [9.17, 15) is 9.59 Å². The van der Waals surface area contributed by atoms with Gasteiger partial charge >= 0.3 is 5.97 Å². The Kier molecular flexibility index (Phi) is 4.24. The monoisotopic (exact) mass is 316 g/mol. The summed E-state index contributed by atoms with van der Waals surface area (Å²) in [5.41, 5.74) is 1.75. The van der Waals surface area contributed by atoms with Crippen molar-refractivity contribution in [1.82, 2.24) is 0 Å². The quantitative estimate of drug-likeness (QED) is 0.627. The van der Waals surface area contributed by atoms with E-state index in [1.807, 2.05) is 6.07 Å². The summed E-state index contributed by atoms with van der Waals surface area (Å²) in [6.45, 7) is -0.242. The maximum Gasteiger partial charge on any atom is 0.348 e. The standard InChI is InChI=1S/C17H16O4S/c1-20-13-7-5-11(6-8-13)14(18)10-21-17(19)16-9-12-3-2-4-15(12)22-16/h5-9H,2-4,10H2,1H3. The van der Waals surface area contributed by atoms with Crippen molar-refractivity contribution >= 4 is 23.1 Å². The number of ketones is 1. The van der Waals surface area contributed by atoms with Gasteiger partial charge in [-0.3, -0.25) is 4.79 Å². The van der Waals surface area contributed by atoms with E-state index in [0.717, 1.165) is 19.3 Å². The van der Waals surface area contributed by atoms with Crippen LogP contribution in [0.25, 0.3) is 0 Å². The highest BCUT2D eigenvalue weighted by Gasteiger charge is 2.20. The minimum Gasteiger partial charge on any atom is -0.497 e. The highest BCUT2D eigenvalue weighted by atomic mass is 32.1. The highest BCUT2D eigenvalue weighted by molar-refractivity contribution is 7.14. The summed E-state index contributed by atoms with van der Waals surface area (Å²) in [4.78, 5) is 25.9.